The van der Waals surface area contributed by atoms with Crippen LogP contribution in [0.4, 0.5) is 14.5 Å². The molecule has 0 fully saturated rings. The topological polar surface area (TPSA) is 81.3 Å². The van der Waals surface area contributed by atoms with Crippen molar-refractivity contribution in [2.45, 2.75) is 13.5 Å². The molecular formula is C24H16ClF2N5O2. The van der Waals surface area contributed by atoms with E-state index in [0.29, 0.717) is 22.1 Å². The van der Waals surface area contributed by atoms with Crippen LogP contribution in [0.5, 0.6) is 0 Å². The van der Waals surface area contributed by atoms with Crippen LogP contribution in [0, 0.1) is 18.6 Å². The van der Waals surface area contributed by atoms with Gasteiger partial charge in [0.2, 0.25) is 11.5 Å². The van der Waals surface area contributed by atoms with Crippen LogP contribution in [0.1, 0.15) is 21.7 Å². The third kappa shape index (κ3) is 3.80. The van der Waals surface area contributed by atoms with Gasteiger partial charge in [-0.05, 0) is 48.4 Å². The van der Waals surface area contributed by atoms with E-state index in [0.717, 1.165) is 23.3 Å². The molecule has 0 radical (unpaired) electrons. The molecule has 0 bridgehead atoms. The van der Waals surface area contributed by atoms with Crippen LogP contribution >= 0.6 is 11.6 Å². The molecule has 0 aliphatic carbocycles. The summed E-state index contributed by atoms with van der Waals surface area (Å²) in [6, 6.07) is 15.4. The molecule has 5 rings (SSSR count). The van der Waals surface area contributed by atoms with Gasteiger partial charge >= 0.3 is 0 Å². The molecule has 0 saturated heterocycles. The van der Waals surface area contributed by atoms with E-state index in [9.17, 15) is 18.4 Å². The van der Waals surface area contributed by atoms with E-state index in [2.05, 4.69) is 15.4 Å². The van der Waals surface area contributed by atoms with Gasteiger partial charge in [0, 0.05) is 11.1 Å². The van der Waals surface area contributed by atoms with E-state index in [1.165, 1.54) is 9.08 Å². The summed E-state index contributed by atoms with van der Waals surface area (Å²) in [6.45, 7) is 2.08. The predicted molar refractivity (Wildman–Crippen MR) is 124 cm³/mol. The number of hydrogen-bond acceptors (Lipinski definition) is 4. The number of carbonyl (C=O) groups excluding carboxylic acids is 1. The quantitative estimate of drug-likeness (QED) is 0.409. The second kappa shape index (κ2) is 8.35. The molecule has 0 aliphatic heterocycles. The van der Waals surface area contributed by atoms with E-state index >= 15 is 0 Å². The highest BCUT2D eigenvalue weighted by atomic mass is 35.5. The zero-order valence-corrected chi connectivity index (χ0v) is 18.5. The predicted octanol–water partition coefficient (Wildman–Crippen LogP) is 4.58. The lowest BCUT2D eigenvalue weighted by Crippen LogP contribution is -2.24. The number of nitrogens with zero attached hydrogens (tertiary/aromatic N) is 4. The molecule has 0 unspecified atom stereocenters. The second-order valence-electron chi connectivity index (χ2n) is 7.72. The smallest absolute Gasteiger partial charge is 0.296 e. The Morgan fingerprint density at radius 1 is 1.06 bits per heavy atom. The SMILES string of the molecule is Cc1ccc2c(c1)n(Cc1ccccc1Cl)c(=O)c1nc(C(=O)Nc3ccc(F)cc3F)nn12. The van der Waals surface area contributed by atoms with Crippen molar-refractivity contribution in [1.82, 2.24) is 19.2 Å². The van der Waals surface area contributed by atoms with Gasteiger partial charge in [-0.2, -0.15) is 4.98 Å². The Labute approximate surface area is 196 Å². The average Bonchev–Trinajstić information content (AvgIpc) is 3.25. The maximum absolute atomic E-state index is 14.0. The monoisotopic (exact) mass is 479 g/mol. The third-order valence-corrected chi connectivity index (χ3v) is 5.73. The van der Waals surface area contributed by atoms with Gasteiger partial charge in [-0.3, -0.25) is 14.2 Å². The number of aryl methyl sites for hydroxylation is 1. The van der Waals surface area contributed by atoms with Gasteiger partial charge in [-0.1, -0.05) is 35.9 Å². The maximum atomic E-state index is 14.0. The Morgan fingerprint density at radius 2 is 1.85 bits per heavy atom. The highest BCUT2D eigenvalue weighted by Gasteiger charge is 2.20. The number of nitrogens with one attached hydrogen (secondary N) is 1. The van der Waals surface area contributed by atoms with Crippen molar-refractivity contribution < 1.29 is 13.6 Å². The first-order valence-electron chi connectivity index (χ1n) is 10.2. The summed E-state index contributed by atoms with van der Waals surface area (Å²) in [5.74, 6) is -2.90. The fourth-order valence-corrected chi connectivity index (χ4v) is 3.89. The van der Waals surface area contributed by atoms with E-state index < -0.39 is 23.1 Å². The molecule has 3 aromatic carbocycles. The number of rotatable bonds is 4. The Hall–Kier alpha value is -4.11. The van der Waals surface area contributed by atoms with Crippen molar-refractivity contribution in [2.75, 3.05) is 5.32 Å². The first-order valence-corrected chi connectivity index (χ1v) is 10.6. The van der Waals surface area contributed by atoms with Crippen LogP contribution in [0.2, 0.25) is 5.02 Å². The van der Waals surface area contributed by atoms with Crippen molar-refractivity contribution >= 4 is 39.9 Å². The Bertz CT molecular complexity index is 1660. The number of benzene rings is 3. The minimum Gasteiger partial charge on any atom is -0.317 e. The fourth-order valence-electron chi connectivity index (χ4n) is 3.70. The Morgan fingerprint density at radius 3 is 2.62 bits per heavy atom. The van der Waals surface area contributed by atoms with Gasteiger partial charge in [0.15, 0.2) is 0 Å². The van der Waals surface area contributed by atoms with Gasteiger partial charge in [0.05, 0.1) is 23.3 Å². The molecule has 34 heavy (non-hydrogen) atoms. The van der Waals surface area contributed by atoms with Crippen molar-refractivity contribution in [3.05, 3.63) is 105 Å². The first kappa shape index (κ1) is 21.7. The molecule has 1 amide bonds. The van der Waals surface area contributed by atoms with Gasteiger partial charge < -0.3 is 5.32 Å². The number of aromatic nitrogens is 4. The number of halogens is 3. The molecule has 7 nitrogen and oxygen atoms in total. The molecule has 0 spiro atoms. The molecule has 0 aliphatic rings. The lowest BCUT2D eigenvalue weighted by atomic mass is 10.2. The van der Waals surface area contributed by atoms with E-state index in [1.807, 2.05) is 31.2 Å². The largest absolute Gasteiger partial charge is 0.317 e. The Kier molecular flexibility index (Phi) is 5.33. The normalized spacial score (nSPS) is 11.3. The van der Waals surface area contributed by atoms with Crippen molar-refractivity contribution in [2.24, 2.45) is 0 Å². The van der Waals surface area contributed by atoms with Crippen LogP contribution in [-0.4, -0.2) is 25.1 Å². The molecule has 0 atom stereocenters. The summed E-state index contributed by atoms with van der Waals surface area (Å²) in [4.78, 5) is 30.3. The summed E-state index contributed by atoms with van der Waals surface area (Å²) in [6.07, 6.45) is 0. The highest BCUT2D eigenvalue weighted by molar-refractivity contribution is 6.31. The van der Waals surface area contributed by atoms with Gasteiger partial charge in [-0.25, -0.2) is 13.3 Å². The summed E-state index contributed by atoms with van der Waals surface area (Å²) in [5, 5.41) is 7.02. The zero-order valence-electron chi connectivity index (χ0n) is 17.7. The maximum Gasteiger partial charge on any atom is 0.296 e. The van der Waals surface area contributed by atoms with Crippen LogP contribution < -0.4 is 10.9 Å². The van der Waals surface area contributed by atoms with Gasteiger partial charge in [0.25, 0.3) is 11.5 Å². The zero-order chi connectivity index (χ0) is 24.0. The molecular weight excluding hydrogens is 464 g/mol. The number of carbonyl (C=O) groups is 1. The number of hydrogen-bond donors (Lipinski definition) is 1. The summed E-state index contributed by atoms with van der Waals surface area (Å²) < 4.78 is 29.9. The minimum absolute atomic E-state index is 0.0758. The highest BCUT2D eigenvalue weighted by Crippen LogP contribution is 2.21. The van der Waals surface area contributed by atoms with E-state index in [1.54, 1.807) is 18.2 Å². The van der Waals surface area contributed by atoms with Crippen molar-refractivity contribution in [3.8, 4) is 0 Å². The number of anilines is 1. The van der Waals surface area contributed by atoms with E-state index in [4.69, 9.17) is 11.6 Å². The van der Waals surface area contributed by atoms with E-state index in [-0.39, 0.29) is 23.7 Å². The summed E-state index contributed by atoms with van der Waals surface area (Å²) in [7, 11) is 0. The minimum atomic E-state index is -0.944. The molecule has 5 aromatic rings. The van der Waals surface area contributed by atoms with Gasteiger partial charge in [-0.15, -0.1) is 5.10 Å². The first-order chi connectivity index (χ1) is 16.3. The van der Waals surface area contributed by atoms with Crippen LogP contribution in [0.25, 0.3) is 16.7 Å². The van der Waals surface area contributed by atoms with Crippen LogP contribution in [-0.2, 0) is 6.54 Å². The van der Waals surface area contributed by atoms with Crippen LogP contribution in [0.15, 0.2) is 65.5 Å². The molecule has 1 N–H and O–H groups in total. The standard InChI is InChI=1S/C24H16ClF2N5O2/c1-13-6-9-19-20(10-13)31(12-14-4-2-3-5-16(14)25)24(34)22-29-21(30-32(19)22)23(33)28-18-8-7-15(26)11-17(18)27/h2-11H,12H2,1H3,(H,28,33). The van der Waals surface area contributed by atoms with Crippen molar-refractivity contribution in [1.29, 1.82) is 0 Å². The lowest BCUT2D eigenvalue weighted by molar-refractivity contribution is 0.101. The average molecular weight is 480 g/mol. The Balaban J connectivity index is 1.65. The number of amides is 1. The molecule has 2 aromatic heterocycles. The van der Waals surface area contributed by atoms with Crippen molar-refractivity contribution in [3.63, 3.8) is 0 Å². The molecule has 0 saturated carbocycles. The summed E-state index contributed by atoms with van der Waals surface area (Å²) in [5.41, 5.74) is 2.00. The third-order valence-electron chi connectivity index (χ3n) is 5.36. The molecule has 2 heterocycles. The summed E-state index contributed by atoms with van der Waals surface area (Å²) >= 11 is 6.32. The molecule has 170 valence electrons. The fraction of sp³-hybridized carbons (Fsp3) is 0.0833. The van der Waals surface area contributed by atoms with Gasteiger partial charge in [0.1, 0.15) is 11.6 Å². The van der Waals surface area contributed by atoms with Crippen LogP contribution in [0.3, 0.4) is 0 Å². The second-order valence-corrected chi connectivity index (χ2v) is 8.13. The lowest BCUT2D eigenvalue weighted by Gasteiger charge is -2.13. The molecule has 10 heteroatoms. The number of fused-ring (bicyclic) bond motifs is 3.